The fourth-order valence-electron chi connectivity index (χ4n) is 6.10. The highest BCUT2D eigenvalue weighted by molar-refractivity contribution is 9.10. The van der Waals surface area contributed by atoms with Crippen LogP contribution in [0.3, 0.4) is 0 Å². The Kier molecular flexibility index (Phi) is 11.7. The zero-order chi connectivity index (χ0) is 38.9. The number of hydrogen-bond acceptors (Lipinski definition) is 10. The van der Waals surface area contributed by atoms with E-state index >= 15 is 0 Å². The van der Waals surface area contributed by atoms with Crippen molar-refractivity contribution < 1.29 is 18.0 Å². The Balaban J connectivity index is 0.000000177. The molecule has 2 aliphatic carbocycles. The zero-order valence-electron chi connectivity index (χ0n) is 30.5. The van der Waals surface area contributed by atoms with Gasteiger partial charge in [-0.3, -0.25) is 9.59 Å². The summed E-state index contributed by atoms with van der Waals surface area (Å²) in [6.45, 7) is 3.87. The van der Waals surface area contributed by atoms with Crippen LogP contribution in [0.4, 0.5) is 5.69 Å². The van der Waals surface area contributed by atoms with E-state index in [2.05, 4.69) is 68.4 Å². The van der Waals surface area contributed by atoms with Crippen LogP contribution in [0.2, 0.25) is 0 Å². The molecule has 0 spiro atoms. The van der Waals surface area contributed by atoms with Crippen molar-refractivity contribution in [2.24, 2.45) is 11.7 Å². The number of nitrogens with two attached hydrogens (primary N) is 1. The van der Waals surface area contributed by atoms with E-state index in [1.807, 2.05) is 68.0 Å². The summed E-state index contributed by atoms with van der Waals surface area (Å²) in [6, 6.07) is 15.1. The summed E-state index contributed by atoms with van der Waals surface area (Å²) >= 11 is 6.71. The van der Waals surface area contributed by atoms with Gasteiger partial charge in [0.25, 0.3) is 5.91 Å². The number of Topliss-reactive ketones (excluding diaryl/α,β-unsaturated/α-hetero) is 1. The molecule has 1 amide bonds. The van der Waals surface area contributed by atoms with Gasteiger partial charge in [-0.1, -0.05) is 18.2 Å². The van der Waals surface area contributed by atoms with Crippen LogP contribution < -0.4 is 16.4 Å². The van der Waals surface area contributed by atoms with Gasteiger partial charge in [0.2, 0.25) is 0 Å². The van der Waals surface area contributed by atoms with E-state index in [1.165, 1.54) is 30.5 Å². The third-order valence-electron chi connectivity index (χ3n) is 9.18. The molecule has 4 N–H and O–H groups in total. The minimum Gasteiger partial charge on any atom is -0.385 e. The van der Waals surface area contributed by atoms with E-state index in [-0.39, 0.29) is 22.2 Å². The lowest BCUT2D eigenvalue weighted by Gasteiger charge is -2.09. The number of nitrogens with zero attached hydrogens (tertiary/aromatic N) is 6. The van der Waals surface area contributed by atoms with Gasteiger partial charge in [0.1, 0.15) is 14.1 Å². The molecular weight excluding hydrogens is 838 g/mol. The molecule has 2 saturated carbocycles. The largest absolute Gasteiger partial charge is 0.385 e. The number of ketones is 1. The molecule has 0 unspecified atom stereocenters. The first kappa shape index (κ1) is 39.2. The highest BCUT2D eigenvalue weighted by Gasteiger charge is 2.26. The van der Waals surface area contributed by atoms with Gasteiger partial charge in [0.15, 0.2) is 26.9 Å². The van der Waals surface area contributed by atoms with Crippen molar-refractivity contribution in [2.75, 3.05) is 25.7 Å². The maximum atomic E-state index is 12.4. The SMILES string of the molecule is CN.CNc1cc(Br)nn2c(-c3ccc(C(=O)CC4CC4)c(C)c3)cnc12.Cc1cc(-c2cnc3c(S(C)(=O)=O)cc(Br)nn23)ccc1C(=O)NC1CC1. The number of sulfone groups is 1. The van der Waals surface area contributed by atoms with Gasteiger partial charge in [-0.15, -0.1) is 0 Å². The molecular formula is C38H41Br2N9O4S. The Morgan fingerprint density at radius 2 is 1.35 bits per heavy atom. The highest BCUT2D eigenvalue weighted by atomic mass is 79.9. The van der Waals surface area contributed by atoms with Crippen molar-refractivity contribution in [2.45, 2.75) is 56.9 Å². The summed E-state index contributed by atoms with van der Waals surface area (Å²) in [4.78, 5) is 33.6. The Morgan fingerprint density at radius 3 is 1.87 bits per heavy atom. The van der Waals surface area contributed by atoms with E-state index in [9.17, 15) is 18.0 Å². The standard InChI is InChI=1S/C19H19BrN4O.C18H17BrN4O3S.CH5N/c1-11-7-13(5-6-14(11)17(25)8-12-3-4-12)16-10-22-19-15(21-2)9-18(20)23-24(16)19;1-10-7-11(3-6-13(10)18(24)21-12-4-5-12)14-9-20-17-15(27(2,25)26)8-16(19)22-23(14)17;1-2/h5-7,9-10,12,21H,3-4,8H2,1-2H3;3,6-9,12H,4-5H2,1-2H3,(H,21,24);2H2,1H3. The number of carbonyl (C=O) groups excluding carboxylic acids is 2. The summed E-state index contributed by atoms with van der Waals surface area (Å²) in [5.74, 6) is 0.787. The zero-order valence-corrected chi connectivity index (χ0v) is 34.5. The number of imidazole rings is 2. The Hall–Kier alpha value is -4.51. The first-order chi connectivity index (χ1) is 25.8. The summed E-state index contributed by atoms with van der Waals surface area (Å²) in [5.41, 5.74) is 13.1. The molecule has 282 valence electrons. The van der Waals surface area contributed by atoms with Crippen molar-refractivity contribution in [3.05, 3.63) is 92.4 Å². The maximum absolute atomic E-state index is 12.4. The van der Waals surface area contributed by atoms with E-state index in [0.717, 1.165) is 68.5 Å². The molecule has 0 saturated heterocycles. The number of nitrogens with one attached hydrogen (secondary N) is 2. The lowest BCUT2D eigenvalue weighted by Crippen LogP contribution is -2.26. The number of carbonyl (C=O) groups is 2. The van der Waals surface area contributed by atoms with Gasteiger partial charge in [-0.2, -0.15) is 10.2 Å². The minimum absolute atomic E-state index is 0.0695. The predicted molar refractivity (Wildman–Crippen MR) is 217 cm³/mol. The van der Waals surface area contributed by atoms with Crippen LogP contribution in [0.15, 0.2) is 75.0 Å². The lowest BCUT2D eigenvalue weighted by atomic mass is 9.98. The number of anilines is 1. The predicted octanol–water partition coefficient (Wildman–Crippen LogP) is 6.83. The minimum atomic E-state index is -3.46. The number of benzene rings is 2. The van der Waals surface area contributed by atoms with Gasteiger partial charge < -0.3 is 16.4 Å². The molecule has 16 heteroatoms. The quantitative estimate of drug-likeness (QED) is 0.131. The van der Waals surface area contributed by atoms with Crippen LogP contribution >= 0.6 is 31.9 Å². The van der Waals surface area contributed by atoms with E-state index in [1.54, 1.807) is 12.3 Å². The van der Waals surface area contributed by atoms with Gasteiger partial charge in [0.05, 0.1) is 29.5 Å². The average Bonchev–Trinajstić information content (AvgIpc) is 4.05. The molecule has 0 radical (unpaired) electrons. The van der Waals surface area contributed by atoms with Gasteiger partial charge in [-0.25, -0.2) is 27.4 Å². The van der Waals surface area contributed by atoms with Gasteiger partial charge >= 0.3 is 0 Å². The van der Waals surface area contributed by atoms with Crippen LogP contribution in [0.5, 0.6) is 0 Å². The number of hydrogen-bond donors (Lipinski definition) is 3. The number of halogens is 2. The first-order valence-electron chi connectivity index (χ1n) is 17.4. The molecule has 0 bridgehead atoms. The summed E-state index contributed by atoms with van der Waals surface area (Å²) in [6.07, 6.45) is 9.68. The fourth-order valence-corrected chi connectivity index (χ4v) is 7.82. The van der Waals surface area contributed by atoms with Crippen molar-refractivity contribution in [3.8, 4) is 22.5 Å². The summed E-state index contributed by atoms with van der Waals surface area (Å²) < 4.78 is 28.6. The van der Waals surface area contributed by atoms with Crippen LogP contribution in [-0.4, -0.2) is 75.7 Å². The van der Waals surface area contributed by atoms with Crippen molar-refractivity contribution >= 4 is 70.4 Å². The van der Waals surface area contributed by atoms with Gasteiger partial charge in [0, 0.05) is 48.0 Å². The smallest absolute Gasteiger partial charge is 0.251 e. The Morgan fingerprint density at radius 1 is 0.815 bits per heavy atom. The molecule has 4 heterocycles. The second-order valence-electron chi connectivity index (χ2n) is 13.4. The lowest BCUT2D eigenvalue weighted by molar-refractivity contribution is 0.0948. The van der Waals surface area contributed by atoms with Crippen LogP contribution in [0.25, 0.3) is 33.8 Å². The second kappa shape index (κ2) is 16.1. The average molecular weight is 880 g/mol. The number of aromatic nitrogens is 6. The molecule has 0 aliphatic heterocycles. The van der Waals surface area contributed by atoms with Crippen molar-refractivity contribution in [1.82, 2.24) is 34.5 Å². The van der Waals surface area contributed by atoms with Crippen molar-refractivity contribution in [3.63, 3.8) is 0 Å². The first-order valence-corrected chi connectivity index (χ1v) is 20.9. The van der Waals surface area contributed by atoms with Crippen molar-refractivity contribution in [1.29, 1.82) is 0 Å². The number of amides is 1. The number of rotatable bonds is 9. The third-order valence-corrected chi connectivity index (χ3v) is 11.1. The topological polar surface area (TPSA) is 179 Å². The van der Waals surface area contributed by atoms with E-state index < -0.39 is 9.84 Å². The molecule has 4 aromatic heterocycles. The highest BCUT2D eigenvalue weighted by Crippen LogP contribution is 2.35. The molecule has 13 nitrogen and oxygen atoms in total. The third kappa shape index (κ3) is 8.56. The Labute approximate surface area is 330 Å². The number of fused-ring (bicyclic) bond motifs is 2. The molecule has 0 atom stereocenters. The Bertz CT molecular complexity index is 2510. The fraction of sp³-hybridized carbons (Fsp3) is 0.316. The summed E-state index contributed by atoms with van der Waals surface area (Å²) in [5, 5.41) is 15.0. The molecule has 6 aromatic rings. The molecule has 54 heavy (non-hydrogen) atoms. The van der Waals surface area contributed by atoms with Crippen LogP contribution in [0, 0.1) is 19.8 Å². The van der Waals surface area contributed by atoms with Gasteiger partial charge in [-0.05, 0) is 126 Å². The molecule has 8 rings (SSSR count). The molecule has 2 aromatic carbocycles. The van der Waals surface area contributed by atoms with E-state index in [0.29, 0.717) is 34.2 Å². The molecule has 2 aliphatic rings. The number of aryl methyl sites for hydroxylation is 2. The molecule has 2 fully saturated rings. The summed E-state index contributed by atoms with van der Waals surface area (Å²) in [7, 11) is -0.0972. The van der Waals surface area contributed by atoms with Crippen LogP contribution in [0.1, 0.15) is 63.9 Å². The maximum Gasteiger partial charge on any atom is 0.251 e. The monoisotopic (exact) mass is 877 g/mol. The van der Waals surface area contributed by atoms with Crippen LogP contribution in [-0.2, 0) is 9.84 Å². The normalized spacial score (nSPS) is 13.9. The van der Waals surface area contributed by atoms with E-state index in [4.69, 9.17) is 0 Å². The second-order valence-corrected chi connectivity index (χ2v) is 17.0.